The number of hydrogen-bond donors (Lipinski definition) is 1. The molecule has 0 radical (unpaired) electrons. The Morgan fingerprint density at radius 3 is 2.52 bits per heavy atom. The molecular formula is C17H27NO3. The summed E-state index contributed by atoms with van der Waals surface area (Å²) in [6, 6.07) is 5.32. The van der Waals surface area contributed by atoms with Crippen LogP contribution in [-0.2, 0) is 4.74 Å². The number of aromatic hydroxyl groups is 1. The predicted octanol–water partition coefficient (Wildman–Crippen LogP) is 3.34. The van der Waals surface area contributed by atoms with Crippen LogP contribution in [0.25, 0.3) is 0 Å². The zero-order valence-electron chi connectivity index (χ0n) is 13.6. The summed E-state index contributed by atoms with van der Waals surface area (Å²) >= 11 is 0. The maximum Gasteiger partial charge on any atom is 0.133 e. The Labute approximate surface area is 128 Å². The second-order valence-corrected chi connectivity index (χ2v) is 5.32. The van der Waals surface area contributed by atoms with Crippen LogP contribution in [0.3, 0.4) is 0 Å². The molecule has 1 N–H and O–H groups in total. The van der Waals surface area contributed by atoms with E-state index in [9.17, 15) is 5.11 Å². The second kappa shape index (κ2) is 8.57. The molecule has 1 aliphatic heterocycles. The Kier molecular flexibility index (Phi) is 7.09. The van der Waals surface area contributed by atoms with Crippen molar-refractivity contribution < 1.29 is 14.6 Å². The normalized spacial score (nSPS) is 14.0. The van der Waals surface area contributed by atoms with E-state index in [0.29, 0.717) is 5.75 Å². The number of aryl methyl sites for hydroxylation is 1. The van der Waals surface area contributed by atoms with Crippen molar-refractivity contribution in [1.29, 1.82) is 0 Å². The lowest BCUT2D eigenvalue weighted by Gasteiger charge is -2.40. The van der Waals surface area contributed by atoms with E-state index in [0.717, 1.165) is 43.1 Å². The van der Waals surface area contributed by atoms with Crippen LogP contribution >= 0.6 is 0 Å². The topological polar surface area (TPSA) is 41.9 Å². The van der Waals surface area contributed by atoms with Gasteiger partial charge in [-0.2, -0.15) is 0 Å². The highest BCUT2D eigenvalue weighted by Crippen LogP contribution is 2.25. The summed E-state index contributed by atoms with van der Waals surface area (Å²) in [5, 5.41) is 9.39. The highest BCUT2D eigenvalue weighted by Gasteiger charge is 2.27. The van der Waals surface area contributed by atoms with Gasteiger partial charge >= 0.3 is 0 Å². The largest absolute Gasteiger partial charge is 0.508 e. The molecule has 1 heterocycles. The number of hydrogen-bond acceptors (Lipinski definition) is 4. The van der Waals surface area contributed by atoms with Crippen molar-refractivity contribution >= 4 is 0 Å². The van der Waals surface area contributed by atoms with Gasteiger partial charge in [0.2, 0.25) is 0 Å². The number of rotatable bonds is 5. The predicted molar refractivity (Wildman–Crippen MR) is 85.8 cm³/mol. The lowest BCUT2D eigenvalue weighted by atomic mass is 10.1. The maximum absolute atomic E-state index is 9.39. The summed E-state index contributed by atoms with van der Waals surface area (Å²) in [5.41, 5.74) is 1.93. The molecule has 21 heavy (non-hydrogen) atoms. The summed E-state index contributed by atoms with van der Waals surface area (Å²) in [7, 11) is 1.71. The van der Waals surface area contributed by atoms with Gasteiger partial charge in [0.1, 0.15) is 17.6 Å². The second-order valence-electron chi connectivity index (χ2n) is 5.32. The van der Waals surface area contributed by atoms with Crippen LogP contribution in [0.15, 0.2) is 30.5 Å². The van der Waals surface area contributed by atoms with Crippen LogP contribution < -0.4 is 4.74 Å². The van der Waals surface area contributed by atoms with Crippen LogP contribution in [0.1, 0.15) is 25.8 Å². The highest BCUT2D eigenvalue weighted by atomic mass is 16.5. The van der Waals surface area contributed by atoms with E-state index in [1.165, 1.54) is 0 Å². The van der Waals surface area contributed by atoms with E-state index in [1.807, 2.05) is 19.9 Å². The van der Waals surface area contributed by atoms with Gasteiger partial charge in [-0.1, -0.05) is 13.5 Å². The first-order chi connectivity index (χ1) is 9.97. The third-order valence-corrected chi connectivity index (χ3v) is 3.27. The van der Waals surface area contributed by atoms with E-state index < -0.39 is 0 Å². The summed E-state index contributed by atoms with van der Waals surface area (Å²) in [5.74, 6) is 1.13. The fourth-order valence-corrected chi connectivity index (χ4v) is 1.92. The highest BCUT2D eigenvalue weighted by molar-refractivity contribution is 5.38. The van der Waals surface area contributed by atoms with E-state index in [1.54, 1.807) is 19.2 Å². The summed E-state index contributed by atoms with van der Waals surface area (Å²) in [6.07, 6.45) is 1.36. The average Bonchev–Trinajstić information content (AvgIpc) is 2.38. The van der Waals surface area contributed by atoms with Gasteiger partial charge in [-0.15, -0.1) is 0 Å². The first-order valence-electron chi connectivity index (χ1n) is 7.33. The molecule has 4 nitrogen and oxygen atoms in total. The number of benzene rings is 1. The molecule has 1 aromatic carbocycles. The Hall–Kier alpha value is -1.68. The molecule has 1 aromatic rings. The maximum atomic E-state index is 9.39. The molecule has 1 fully saturated rings. The Morgan fingerprint density at radius 1 is 1.43 bits per heavy atom. The van der Waals surface area contributed by atoms with Crippen molar-refractivity contribution in [3.05, 3.63) is 36.0 Å². The zero-order valence-corrected chi connectivity index (χ0v) is 13.6. The van der Waals surface area contributed by atoms with E-state index in [4.69, 9.17) is 9.47 Å². The fourth-order valence-electron chi connectivity index (χ4n) is 1.92. The third-order valence-electron chi connectivity index (χ3n) is 3.27. The van der Waals surface area contributed by atoms with Crippen molar-refractivity contribution in [2.24, 2.45) is 0 Å². The molecule has 118 valence electrons. The van der Waals surface area contributed by atoms with Gasteiger partial charge < -0.3 is 19.5 Å². The lowest BCUT2D eigenvalue weighted by Crippen LogP contribution is -2.52. The molecule has 0 bridgehead atoms. The zero-order chi connectivity index (χ0) is 15.8. The molecule has 0 aliphatic carbocycles. The number of nitrogens with zero attached hydrogens (tertiary/aromatic N) is 1. The summed E-state index contributed by atoms with van der Waals surface area (Å²) in [6.45, 7) is 12.5. The van der Waals surface area contributed by atoms with Crippen LogP contribution in [-0.4, -0.2) is 42.9 Å². The number of phenolic OH excluding ortho intramolecular Hbond substituents is 1. The van der Waals surface area contributed by atoms with Gasteiger partial charge in [0.25, 0.3) is 0 Å². The van der Waals surface area contributed by atoms with Gasteiger partial charge in [-0.25, -0.2) is 0 Å². The van der Waals surface area contributed by atoms with Crippen molar-refractivity contribution in [3.8, 4) is 11.5 Å². The van der Waals surface area contributed by atoms with E-state index >= 15 is 0 Å². The van der Waals surface area contributed by atoms with Crippen molar-refractivity contribution in [3.63, 3.8) is 0 Å². The number of allylic oxidation sites excluding steroid dienone is 1. The standard InChI is InChI=1S/C13H17NO2.C4H10O/c1-9(2)14-7-12(8-14)16-11-4-5-13(15)10(3)6-11;1-3-4-5-2/h4-6,12,15H,1,7-8H2,2-3H3;3-4H2,1-2H3. The molecule has 0 spiro atoms. The molecule has 0 aromatic heterocycles. The van der Waals surface area contributed by atoms with E-state index in [2.05, 4.69) is 18.4 Å². The Bertz CT molecular complexity index is 451. The molecule has 0 saturated carbocycles. The van der Waals surface area contributed by atoms with E-state index in [-0.39, 0.29) is 6.10 Å². The molecule has 0 amide bonds. The van der Waals surface area contributed by atoms with Gasteiger partial charge in [-0.3, -0.25) is 0 Å². The molecule has 0 unspecified atom stereocenters. The SMILES string of the molecule is C=C(C)N1CC(Oc2ccc(O)c(C)c2)C1.CCCOC. The van der Waals surface area contributed by atoms with Gasteiger partial charge in [0.15, 0.2) is 0 Å². The molecule has 0 atom stereocenters. The molecule has 2 rings (SSSR count). The Morgan fingerprint density at radius 2 is 2.10 bits per heavy atom. The number of phenols is 1. The van der Waals surface area contributed by atoms with Crippen molar-refractivity contribution in [2.75, 3.05) is 26.8 Å². The summed E-state index contributed by atoms with van der Waals surface area (Å²) < 4.78 is 10.5. The molecular weight excluding hydrogens is 266 g/mol. The number of methoxy groups -OCH3 is 1. The minimum Gasteiger partial charge on any atom is -0.508 e. The monoisotopic (exact) mass is 293 g/mol. The van der Waals surface area contributed by atoms with Crippen molar-refractivity contribution in [1.82, 2.24) is 4.90 Å². The Balaban J connectivity index is 0.000000383. The van der Waals surface area contributed by atoms with Gasteiger partial charge in [0, 0.05) is 19.4 Å². The summed E-state index contributed by atoms with van der Waals surface area (Å²) in [4.78, 5) is 2.18. The lowest BCUT2D eigenvalue weighted by molar-refractivity contribution is 0.0446. The van der Waals surface area contributed by atoms with Gasteiger partial charge in [-0.05, 0) is 44.0 Å². The molecule has 1 saturated heterocycles. The van der Waals surface area contributed by atoms with Crippen molar-refractivity contribution in [2.45, 2.75) is 33.3 Å². The molecule has 1 aliphatic rings. The number of ether oxygens (including phenoxy) is 2. The quantitative estimate of drug-likeness (QED) is 0.904. The van der Waals surface area contributed by atoms with Crippen LogP contribution in [0.5, 0.6) is 11.5 Å². The van der Waals surface area contributed by atoms with Crippen LogP contribution in [0, 0.1) is 6.92 Å². The van der Waals surface area contributed by atoms with Crippen LogP contribution in [0.4, 0.5) is 0 Å². The first kappa shape index (κ1) is 17.4. The van der Waals surface area contributed by atoms with Gasteiger partial charge in [0.05, 0.1) is 13.1 Å². The third kappa shape index (κ3) is 5.68. The fraction of sp³-hybridized carbons (Fsp3) is 0.529. The number of likely N-dealkylation sites (tertiary alicyclic amines) is 1. The first-order valence-corrected chi connectivity index (χ1v) is 7.33. The smallest absolute Gasteiger partial charge is 0.133 e. The minimum absolute atomic E-state index is 0.237. The molecule has 4 heteroatoms. The average molecular weight is 293 g/mol. The van der Waals surface area contributed by atoms with Crippen LogP contribution in [0.2, 0.25) is 0 Å². The minimum atomic E-state index is 0.237.